The molecule has 2 N–H and O–H groups in total. The molecule has 0 aromatic heterocycles. The lowest BCUT2D eigenvalue weighted by atomic mass is 9.73. The van der Waals surface area contributed by atoms with Crippen LogP contribution < -0.4 is 4.90 Å². The Morgan fingerprint density at radius 3 is 2.31 bits per heavy atom. The highest BCUT2D eigenvalue weighted by atomic mass is 16.6. The van der Waals surface area contributed by atoms with Gasteiger partial charge in [-0.1, -0.05) is 60.2 Å². The molecular formula is C29H25N3O4. The van der Waals surface area contributed by atoms with Gasteiger partial charge in [-0.3, -0.25) is 25.2 Å². The number of nitrogens with zero attached hydrogens (tertiary/aromatic N) is 2. The third kappa shape index (κ3) is 3.98. The minimum absolute atomic E-state index is 0.0396. The maximum absolute atomic E-state index is 13.5. The molecule has 1 unspecified atom stereocenters. The summed E-state index contributed by atoms with van der Waals surface area (Å²) in [6, 6.07) is 22.8. The number of amidine groups is 1. The van der Waals surface area contributed by atoms with Gasteiger partial charge in [0, 0.05) is 52.6 Å². The molecule has 0 radical (unpaired) electrons. The van der Waals surface area contributed by atoms with E-state index in [9.17, 15) is 25.4 Å². The maximum atomic E-state index is 13.5. The number of aliphatic hydroxyl groups excluding tert-OH is 1. The first-order chi connectivity index (χ1) is 17.4. The number of ketones is 1. The Morgan fingerprint density at radius 1 is 1.00 bits per heavy atom. The number of nitrogens with one attached hydrogen (secondary N) is 1. The molecule has 0 amide bonds. The van der Waals surface area contributed by atoms with Crippen molar-refractivity contribution in [2.45, 2.75) is 32.1 Å². The van der Waals surface area contributed by atoms with E-state index in [-0.39, 0.29) is 23.1 Å². The van der Waals surface area contributed by atoms with Crippen molar-refractivity contribution in [3.8, 4) is 0 Å². The van der Waals surface area contributed by atoms with E-state index in [2.05, 4.69) is 0 Å². The fourth-order valence-corrected chi connectivity index (χ4v) is 5.04. The maximum Gasteiger partial charge on any atom is 0.269 e. The van der Waals surface area contributed by atoms with Crippen molar-refractivity contribution >= 4 is 28.8 Å². The van der Waals surface area contributed by atoms with Crippen LogP contribution in [0.1, 0.15) is 41.9 Å². The smallest absolute Gasteiger partial charge is 0.269 e. The van der Waals surface area contributed by atoms with Gasteiger partial charge in [-0.2, -0.15) is 0 Å². The molecule has 7 nitrogen and oxygen atoms in total. The SMILES string of the molecule is Cc1ccc(/C(O)=C2\C(=N)N(c3ccccc3)C3=C(C(=O)CCC3)C2c2ccc([N+](=O)[O-])cc2)cc1. The second kappa shape index (κ2) is 9.26. The lowest BCUT2D eigenvalue weighted by Crippen LogP contribution is -2.42. The van der Waals surface area contributed by atoms with Gasteiger partial charge in [0.2, 0.25) is 0 Å². The number of anilines is 1. The van der Waals surface area contributed by atoms with Gasteiger partial charge in [0.15, 0.2) is 5.78 Å². The summed E-state index contributed by atoms with van der Waals surface area (Å²) in [6.07, 6.45) is 1.65. The fourth-order valence-electron chi connectivity index (χ4n) is 5.04. The number of aryl methyl sites for hydroxylation is 1. The Bertz CT molecular complexity index is 1420. The van der Waals surface area contributed by atoms with Gasteiger partial charge >= 0.3 is 0 Å². The molecule has 0 spiro atoms. The number of hydrogen-bond acceptors (Lipinski definition) is 5. The molecular weight excluding hydrogens is 454 g/mol. The number of allylic oxidation sites excluding steroid dienone is 2. The number of benzene rings is 3. The van der Waals surface area contributed by atoms with Crippen molar-refractivity contribution < 1.29 is 14.8 Å². The Balaban J connectivity index is 1.80. The van der Waals surface area contributed by atoms with Crippen molar-refractivity contribution in [1.29, 1.82) is 5.41 Å². The number of carbonyl (C=O) groups excluding carboxylic acids is 1. The summed E-state index contributed by atoms with van der Waals surface area (Å²) in [5.41, 5.74) is 4.43. The van der Waals surface area contributed by atoms with Gasteiger partial charge < -0.3 is 5.11 Å². The molecule has 3 aromatic rings. The van der Waals surface area contributed by atoms with Crippen LogP contribution in [0.5, 0.6) is 0 Å². The van der Waals surface area contributed by atoms with Gasteiger partial charge in [0.25, 0.3) is 5.69 Å². The lowest BCUT2D eigenvalue weighted by Gasteiger charge is -2.41. The molecule has 1 aliphatic carbocycles. The number of Topliss-reactive ketones (excluding diaryl/α,β-unsaturated/α-hetero) is 1. The van der Waals surface area contributed by atoms with E-state index in [0.29, 0.717) is 41.5 Å². The van der Waals surface area contributed by atoms with Gasteiger partial charge in [-0.15, -0.1) is 0 Å². The van der Waals surface area contributed by atoms with Crippen molar-refractivity contribution in [3.05, 3.63) is 123 Å². The number of hydrogen-bond donors (Lipinski definition) is 2. The van der Waals surface area contributed by atoms with Crippen molar-refractivity contribution in [2.24, 2.45) is 0 Å². The third-order valence-electron chi connectivity index (χ3n) is 6.79. The standard InChI is InChI=1S/C29H25N3O4/c1-18-10-12-20(13-11-18)28(34)27-25(19-14-16-22(17-15-19)32(35)36)26-23(8-5-9-24(26)33)31(29(27)30)21-6-3-2-4-7-21/h2-4,6-7,10-17,25,30,34H,5,8-9H2,1H3/b28-27+,30-29?. The second-order valence-electron chi connectivity index (χ2n) is 9.07. The van der Waals surface area contributed by atoms with Crippen LogP contribution >= 0.6 is 0 Å². The van der Waals surface area contributed by atoms with Crippen LogP contribution in [0.15, 0.2) is 95.7 Å². The zero-order chi connectivity index (χ0) is 25.4. The van der Waals surface area contributed by atoms with Crippen LogP contribution in [0.4, 0.5) is 11.4 Å². The molecule has 7 heteroatoms. The zero-order valence-electron chi connectivity index (χ0n) is 19.8. The number of carbonyl (C=O) groups is 1. The zero-order valence-corrected chi connectivity index (χ0v) is 19.8. The molecule has 2 aliphatic rings. The van der Waals surface area contributed by atoms with E-state index in [1.54, 1.807) is 29.2 Å². The molecule has 3 aromatic carbocycles. The highest BCUT2D eigenvalue weighted by Crippen LogP contribution is 2.48. The minimum atomic E-state index is -0.720. The van der Waals surface area contributed by atoms with E-state index in [4.69, 9.17) is 0 Å². The fraction of sp³-hybridized carbons (Fsp3) is 0.172. The van der Waals surface area contributed by atoms with Crippen LogP contribution in [0.25, 0.3) is 5.76 Å². The summed E-state index contributed by atoms with van der Waals surface area (Å²) < 4.78 is 0. The first-order valence-electron chi connectivity index (χ1n) is 11.8. The Hall–Kier alpha value is -4.52. The summed E-state index contributed by atoms with van der Waals surface area (Å²) in [5, 5.41) is 32.1. The van der Waals surface area contributed by atoms with Gasteiger partial charge in [-0.25, -0.2) is 0 Å². The highest BCUT2D eigenvalue weighted by Gasteiger charge is 2.43. The minimum Gasteiger partial charge on any atom is -0.507 e. The number of nitro groups is 1. The number of non-ortho nitro benzene ring substituents is 1. The monoisotopic (exact) mass is 479 g/mol. The molecule has 1 aliphatic heterocycles. The largest absolute Gasteiger partial charge is 0.507 e. The van der Waals surface area contributed by atoms with Crippen LogP contribution in [-0.4, -0.2) is 21.6 Å². The predicted octanol–water partition coefficient (Wildman–Crippen LogP) is 6.46. The molecule has 36 heavy (non-hydrogen) atoms. The van der Waals surface area contributed by atoms with Gasteiger partial charge in [-0.05, 0) is 37.5 Å². The first-order valence-corrected chi connectivity index (χ1v) is 11.8. The number of rotatable bonds is 4. The molecule has 0 bridgehead atoms. The van der Waals surface area contributed by atoms with Crippen LogP contribution in [0.3, 0.4) is 0 Å². The summed E-state index contributed by atoms with van der Waals surface area (Å²) in [7, 11) is 0. The van der Waals surface area contributed by atoms with Crippen LogP contribution in [-0.2, 0) is 4.79 Å². The van der Waals surface area contributed by atoms with Crippen molar-refractivity contribution in [2.75, 3.05) is 4.90 Å². The third-order valence-corrected chi connectivity index (χ3v) is 6.79. The van der Waals surface area contributed by atoms with E-state index >= 15 is 0 Å². The number of aliphatic hydroxyl groups is 1. The quantitative estimate of drug-likeness (QED) is 0.254. The van der Waals surface area contributed by atoms with E-state index in [0.717, 1.165) is 16.9 Å². The van der Waals surface area contributed by atoms with E-state index in [1.165, 1.54) is 12.1 Å². The lowest BCUT2D eigenvalue weighted by molar-refractivity contribution is -0.384. The molecule has 5 rings (SSSR count). The normalized spacial score (nSPS) is 19.2. The number of para-hydroxylation sites is 1. The summed E-state index contributed by atoms with van der Waals surface area (Å²) in [6.45, 7) is 1.95. The Labute approximate surface area is 208 Å². The predicted molar refractivity (Wildman–Crippen MR) is 139 cm³/mol. The summed E-state index contributed by atoms with van der Waals surface area (Å²) in [4.78, 5) is 26.0. The van der Waals surface area contributed by atoms with Crippen molar-refractivity contribution in [1.82, 2.24) is 0 Å². The molecule has 0 saturated carbocycles. The summed E-state index contributed by atoms with van der Waals surface area (Å²) >= 11 is 0. The topological polar surface area (TPSA) is 108 Å². The molecule has 1 heterocycles. The highest BCUT2D eigenvalue weighted by molar-refractivity contribution is 6.19. The number of nitro benzene ring substituents is 1. The first kappa shape index (κ1) is 23.2. The van der Waals surface area contributed by atoms with Gasteiger partial charge in [0.1, 0.15) is 11.6 Å². The van der Waals surface area contributed by atoms with Crippen molar-refractivity contribution in [3.63, 3.8) is 0 Å². The Morgan fingerprint density at radius 2 is 1.67 bits per heavy atom. The average molecular weight is 480 g/mol. The summed E-state index contributed by atoms with van der Waals surface area (Å²) in [5.74, 6) is -0.769. The Kier molecular flexibility index (Phi) is 5.98. The van der Waals surface area contributed by atoms with Gasteiger partial charge in [0.05, 0.1) is 4.92 Å². The van der Waals surface area contributed by atoms with Crippen LogP contribution in [0, 0.1) is 22.4 Å². The molecule has 0 saturated heterocycles. The average Bonchev–Trinajstić information content (AvgIpc) is 2.89. The second-order valence-corrected chi connectivity index (χ2v) is 9.07. The van der Waals surface area contributed by atoms with E-state index in [1.807, 2.05) is 49.4 Å². The molecule has 1 atom stereocenters. The van der Waals surface area contributed by atoms with E-state index < -0.39 is 10.8 Å². The van der Waals surface area contributed by atoms with Crippen LogP contribution in [0.2, 0.25) is 0 Å². The molecule has 0 fully saturated rings. The molecule has 180 valence electrons.